The number of benzene rings is 1. The summed E-state index contributed by atoms with van der Waals surface area (Å²) >= 11 is 3.59. The van der Waals surface area contributed by atoms with Gasteiger partial charge in [0.1, 0.15) is 11.5 Å². The fourth-order valence-electron chi connectivity index (χ4n) is 1.36. The third kappa shape index (κ3) is 3.13. The summed E-state index contributed by atoms with van der Waals surface area (Å²) in [7, 11) is 3.33. The van der Waals surface area contributed by atoms with Gasteiger partial charge in [0.2, 0.25) is 0 Å². The SMILES string of the molecule is COc1cc(OC)cc(C(C)C(C)Br)c1. The Balaban J connectivity index is 3.06. The summed E-state index contributed by atoms with van der Waals surface area (Å²) in [6.45, 7) is 4.31. The van der Waals surface area contributed by atoms with E-state index in [1.54, 1.807) is 14.2 Å². The van der Waals surface area contributed by atoms with E-state index in [-0.39, 0.29) is 0 Å². The van der Waals surface area contributed by atoms with E-state index in [9.17, 15) is 0 Å². The van der Waals surface area contributed by atoms with Crippen molar-refractivity contribution in [2.24, 2.45) is 0 Å². The van der Waals surface area contributed by atoms with Crippen LogP contribution in [0, 0.1) is 0 Å². The minimum atomic E-state index is 0.425. The molecule has 0 aliphatic rings. The van der Waals surface area contributed by atoms with Crippen LogP contribution in [0.2, 0.25) is 0 Å². The maximum Gasteiger partial charge on any atom is 0.122 e. The summed E-state index contributed by atoms with van der Waals surface area (Å²) in [5.74, 6) is 2.10. The van der Waals surface area contributed by atoms with Crippen molar-refractivity contribution in [3.8, 4) is 11.5 Å². The zero-order valence-corrected chi connectivity index (χ0v) is 11.2. The van der Waals surface area contributed by atoms with Crippen LogP contribution < -0.4 is 9.47 Å². The third-order valence-electron chi connectivity index (χ3n) is 2.59. The quantitative estimate of drug-likeness (QED) is 0.780. The van der Waals surface area contributed by atoms with Gasteiger partial charge in [-0.25, -0.2) is 0 Å². The molecule has 0 saturated heterocycles. The lowest BCUT2D eigenvalue weighted by atomic mass is 9.98. The lowest BCUT2D eigenvalue weighted by molar-refractivity contribution is 0.393. The van der Waals surface area contributed by atoms with Gasteiger partial charge >= 0.3 is 0 Å². The molecule has 3 heteroatoms. The smallest absolute Gasteiger partial charge is 0.122 e. The van der Waals surface area contributed by atoms with E-state index in [1.807, 2.05) is 18.2 Å². The van der Waals surface area contributed by atoms with Gasteiger partial charge in [0.25, 0.3) is 0 Å². The fraction of sp³-hybridized carbons (Fsp3) is 0.500. The summed E-state index contributed by atoms with van der Waals surface area (Å²) in [6.07, 6.45) is 0. The first-order valence-electron chi connectivity index (χ1n) is 4.95. The number of halogens is 1. The van der Waals surface area contributed by atoms with Crippen LogP contribution in [0.4, 0.5) is 0 Å². The third-order valence-corrected chi connectivity index (χ3v) is 3.38. The predicted octanol–water partition coefficient (Wildman–Crippen LogP) is 3.59. The Morgan fingerprint density at radius 3 is 1.80 bits per heavy atom. The van der Waals surface area contributed by atoms with E-state index in [0.29, 0.717) is 10.7 Å². The van der Waals surface area contributed by atoms with Gasteiger partial charge in [-0.05, 0) is 23.6 Å². The number of alkyl halides is 1. The molecular weight excluding hydrogens is 256 g/mol. The monoisotopic (exact) mass is 272 g/mol. The van der Waals surface area contributed by atoms with Crippen LogP contribution in [-0.4, -0.2) is 19.0 Å². The molecule has 1 aromatic rings. The van der Waals surface area contributed by atoms with Gasteiger partial charge < -0.3 is 9.47 Å². The van der Waals surface area contributed by atoms with Crippen molar-refractivity contribution < 1.29 is 9.47 Å². The van der Waals surface area contributed by atoms with Crippen molar-refractivity contribution in [2.75, 3.05) is 14.2 Å². The Morgan fingerprint density at radius 1 is 1.00 bits per heavy atom. The van der Waals surface area contributed by atoms with Crippen LogP contribution >= 0.6 is 15.9 Å². The summed E-state index contributed by atoms with van der Waals surface area (Å²) in [5.41, 5.74) is 1.22. The Bertz CT molecular complexity index is 301. The van der Waals surface area contributed by atoms with Gasteiger partial charge in [0.05, 0.1) is 14.2 Å². The molecule has 2 unspecified atom stereocenters. The van der Waals surface area contributed by atoms with E-state index >= 15 is 0 Å². The second-order valence-corrected chi connectivity index (χ2v) is 5.06. The first-order valence-corrected chi connectivity index (χ1v) is 5.87. The highest BCUT2D eigenvalue weighted by Gasteiger charge is 2.13. The van der Waals surface area contributed by atoms with Crippen molar-refractivity contribution in [1.82, 2.24) is 0 Å². The number of hydrogen-bond acceptors (Lipinski definition) is 2. The Morgan fingerprint density at radius 2 is 1.47 bits per heavy atom. The van der Waals surface area contributed by atoms with E-state index in [2.05, 4.69) is 29.8 Å². The highest BCUT2D eigenvalue weighted by Crippen LogP contribution is 2.31. The lowest BCUT2D eigenvalue weighted by Gasteiger charge is -2.16. The Labute approximate surface area is 99.7 Å². The molecule has 0 saturated carbocycles. The molecule has 0 amide bonds. The van der Waals surface area contributed by atoms with E-state index in [1.165, 1.54) is 5.56 Å². The molecule has 0 fully saturated rings. The molecular formula is C12H17BrO2. The van der Waals surface area contributed by atoms with Crippen LogP contribution in [0.25, 0.3) is 0 Å². The van der Waals surface area contributed by atoms with Gasteiger partial charge in [-0.15, -0.1) is 0 Å². The molecule has 0 aromatic heterocycles. The van der Waals surface area contributed by atoms with Crippen LogP contribution in [0.15, 0.2) is 18.2 Å². The molecule has 0 aliphatic carbocycles. The zero-order chi connectivity index (χ0) is 11.4. The minimum absolute atomic E-state index is 0.425. The Hall–Kier alpha value is -0.700. The Kier molecular flexibility index (Phi) is 4.45. The van der Waals surface area contributed by atoms with E-state index < -0.39 is 0 Å². The summed E-state index contributed by atoms with van der Waals surface area (Å²) in [4.78, 5) is 0.425. The number of hydrogen-bond donors (Lipinski definition) is 0. The van der Waals surface area contributed by atoms with E-state index in [0.717, 1.165) is 11.5 Å². The number of rotatable bonds is 4. The van der Waals surface area contributed by atoms with Crippen LogP contribution in [0.3, 0.4) is 0 Å². The molecule has 2 nitrogen and oxygen atoms in total. The predicted molar refractivity (Wildman–Crippen MR) is 66.4 cm³/mol. The molecule has 1 rings (SSSR count). The topological polar surface area (TPSA) is 18.5 Å². The lowest BCUT2D eigenvalue weighted by Crippen LogP contribution is -2.05. The fourth-order valence-corrected chi connectivity index (χ4v) is 1.66. The minimum Gasteiger partial charge on any atom is -0.497 e. The highest BCUT2D eigenvalue weighted by molar-refractivity contribution is 9.09. The van der Waals surface area contributed by atoms with Gasteiger partial charge in [0.15, 0.2) is 0 Å². The van der Waals surface area contributed by atoms with Crippen molar-refractivity contribution >= 4 is 15.9 Å². The molecule has 0 spiro atoms. The normalized spacial score (nSPS) is 14.5. The van der Waals surface area contributed by atoms with Crippen molar-refractivity contribution in [3.63, 3.8) is 0 Å². The summed E-state index contributed by atoms with van der Waals surface area (Å²) in [5, 5.41) is 0. The first kappa shape index (κ1) is 12.4. The maximum absolute atomic E-state index is 5.23. The van der Waals surface area contributed by atoms with E-state index in [4.69, 9.17) is 9.47 Å². The molecule has 2 atom stereocenters. The van der Waals surface area contributed by atoms with Crippen LogP contribution in [-0.2, 0) is 0 Å². The standard InChI is InChI=1S/C12H17BrO2/c1-8(9(2)13)10-5-11(14-3)7-12(6-10)15-4/h5-9H,1-4H3. The summed E-state index contributed by atoms with van der Waals surface area (Å²) < 4.78 is 10.5. The molecule has 0 aliphatic heterocycles. The average molecular weight is 273 g/mol. The van der Waals surface area contributed by atoms with Crippen molar-refractivity contribution in [2.45, 2.75) is 24.6 Å². The van der Waals surface area contributed by atoms with Crippen molar-refractivity contribution in [3.05, 3.63) is 23.8 Å². The number of ether oxygens (including phenoxy) is 2. The second kappa shape index (κ2) is 5.40. The molecule has 0 N–H and O–H groups in total. The van der Waals surface area contributed by atoms with Gasteiger partial charge in [-0.3, -0.25) is 0 Å². The van der Waals surface area contributed by atoms with Crippen LogP contribution in [0.5, 0.6) is 11.5 Å². The molecule has 84 valence electrons. The van der Waals surface area contributed by atoms with Crippen LogP contribution in [0.1, 0.15) is 25.3 Å². The molecule has 15 heavy (non-hydrogen) atoms. The molecule has 0 bridgehead atoms. The van der Waals surface area contributed by atoms with Gasteiger partial charge in [-0.1, -0.05) is 29.8 Å². The highest BCUT2D eigenvalue weighted by atomic mass is 79.9. The summed E-state index contributed by atoms with van der Waals surface area (Å²) in [6, 6.07) is 5.98. The first-order chi connectivity index (χ1) is 7.08. The second-order valence-electron chi connectivity index (χ2n) is 3.61. The zero-order valence-electron chi connectivity index (χ0n) is 9.58. The largest absolute Gasteiger partial charge is 0.497 e. The van der Waals surface area contributed by atoms with Crippen molar-refractivity contribution in [1.29, 1.82) is 0 Å². The molecule has 0 radical (unpaired) electrons. The molecule has 1 aromatic carbocycles. The van der Waals surface area contributed by atoms with Gasteiger partial charge in [0, 0.05) is 10.9 Å². The van der Waals surface area contributed by atoms with Gasteiger partial charge in [-0.2, -0.15) is 0 Å². The average Bonchev–Trinajstić information content (AvgIpc) is 2.27. The molecule has 0 heterocycles. The maximum atomic E-state index is 5.23. The number of methoxy groups -OCH3 is 2.